The summed E-state index contributed by atoms with van der Waals surface area (Å²) >= 11 is 1.73. The SMILES string of the molecule is CSc1ccc(/C(=C\c2cccc(-c3cc(C(C)(C)C#N)cc4cccnc34)c2)c2nccn2C)cc1. The highest BCUT2D eigenvalue weighted by Gasteiger charge is 2.22. The molecule has 0 aliphatic carbocycles. The van der Waals surface area contributed by atoms with Crippen LogP contribution in [-0.4, -0.2) is 20.8 Å². The molecule has 0 saturated carbocycles. The second kappa shape index (κ2) is 10.1. The molecule has 0 atom stereocenters. The molecular formula is C32H28N4S. The van der Waals surface area contributed by atoms with E-state index >= 15 is 0 Å². The molecule has 0 spiro atoms. The molecule has 2 heterocycles. The summed E-state index contributed by atoms with van der Waals surface area (Å²) in [6.07, 6.45) is 9.90. The zero-order chi connectivity index (χ0) is 26.0. The first-order valence-electron chi connectivity index (χ1n) is 12.1. The minimum absolute atomic E-state index is 0.607. The summed E-state index contributed by atoms with van der Waals surface area (Å²) in [6.45, 7) is 3.91. The van der Waals surface area contributed by atoms with Crippen LogP contribution in [0, 0.1) is 11.3 Å². The van der Waals surface area contributed by atoms with Crippen LogP contribution in [0.1, 0.15) is 36.4 Å². The fourth-order valence-corrected chi connectivity index (χ4v) is 4.88. The van der Waals surface area contributed by atoms with Crippen molar-refractivity contribution in [2.45, 2.75) is 24.2 Å². The highest BCUT2D eigenvalue weighted by atomic mass is 32.2. The zero-order valence-electron chi connectivity index (χ0n) is 21.4. The van der Waals surface area contributed by atoms with E-state index in [0.29, 0.717) is 0 Å². The van der Waals surface area contributed by atoms with Crippen LogP contribution in [0.25, 0.3) is 33.7 Å². The molecule has 3 aromatic carbocycles. The number of hydrogen-bond acceptors (Lipinski definition) is 4. The van der Waals surface area contributed by atoms with Crippen molar-refractivity contribution in [2.75, 3.05) is 6.26 Å². The van der Waals surface area contributed by atoms with E-state index in [-0.39, 0.29) is 0 Å². The lowest BCUT2D eigenvalue weighted by molar-refractivity contribution is 0.688. The summed E-state index contributed by atoms with van der Waals surface area (Å²) in [5, 5.41) is 10.8. The van der Waals surface area contributed by atoms with Crippen LogP contribution in [0.2, 0.25) is 0 Å². The predicted octanol–water partition coefficient (Wildman–Crippen LogP) is 7.75. The van der Waals surface area contributed by atoms with E-state index in [4.69, 9.17) is 4.98 Å². The van der Waals surface area contributed by atoms with E-state index in [0.717, 1.165) is 50.1 Å². The van der Waals surface area contributed by atoms with E-state index in [1.165, 1.54) is 4.90 Å². The molecule has 5 heteroatoms. The van der Waals surface area contributed by atoms with E-state index in [1.54, 1.807) is 11.8 Å². The fourth-order valence-electron chi connectivity index (χ4n) is 4.47. The van der Waals surface area contributed by atoms with E-state index in [2.05, 4.69) is 90.1 Å². The van der Waals surface area contributed by atoms with Crippen LogP contribution in [0.4, 0.5) is 0 Å². The highest BCUT2D eigenvalue weighted by molar-refractivity contribution is 7.98. The number of thioether (sulfide) groups is 1. The van der Waals surface area contributed by atoms with Gasteiger partial charge in [0.25, 0.3) is 0 Å². The predicted molar refractivity (Wildman–Crippen MR) is 154 cm³/mol. The molecule has 5 aromatic rings. The Morgan fingerprint density at radius 2 is 1.78 bits per heavy atom. The molecule has 0 saturated heterocycles. The Morgan fingerprint density at radius 1 is 0.973 bits per heavy atom. The fraction of sp³-hybridized carbons (Fsp3) is 0.156. The quantitative estimate of drug-likeness (QED) is 0.177. The summed E-state index contributed by atoms with van der Waals surface area (Å²) in [4.78, 5) is 10.6. The summed E-state index contributed by atoms with van der Waals surface area (Å²) in [5.41, 5.74) is 6.62. The summed E-state index contributed by atoms with van der Waals surface area (Å²) in [6, 6.07) is 27.7. The lowest BCUT2D eigenvalue weighted by atomic mass is 9.83. The largest absolute Gasteiger partial charge is 0.334 e. The van der Waals surface area contributed by atoms with Crippen molar-refractivity contribution in [1.29, 1.82) is 5.26 Å². The number of hydrogen-bond donors (Lipinski definition) is 0. The normalized spacial score (nSPS) is 12.0. The number of aryl methyl sites for hydroxylation is 1. The molecule has 0 amide bonds. The number of aromatic nitrogens is 3. The lowest BCUT2D eigenvalue weighted by Gasteiger charge is -2.19. The third-order valence-electron chi connectivity index (χ3n) is 6.68. The molecule has 0 N–H and O–H groups in total. The van der Waals surface area contributed by atoms with Gasteiger partial charge in [-0.15, -0.1) is 11.8 Å². The number of pyridine rings is 1. The maximum Gasteiger partial charge on any atom is 0.140 e. The van der Waals surface area contributed by atoms with Gasteiger partial charge in [-0.3, -0.25) is 4.98 Å². The number of fused-ring (bicyclic) bond motifs is 1. The second-order valence-corrected chi connectivity index (χ2v) is 10.5. The topological polar surface area (TPSA) is 54.5 Å². The number of nitrogens with zero attached hydrogens (tertiary/aromatic N) is 4. The van der Waals surface area contributed by atoms with Gasteiger partial charge >= 0.3 is 0 Å². The van der Waals surface area contributed by atoms with Gasteiger partial charge < -0.3 is 4.57 Å². The molecule has 2 aromatic heterocycles. The molecular weight excluding hydrogens is 472 g/mol. The molecule has 182 valence electrons. The Labute approximate surface area is 222 Å². The zero-order valence-corrected chi connectivity index (χ0v) is 22.3. The van der Waals surface area contributed by atoms with Crippen molar-refractivity contribution in [3.05, 3.63) is 114 Å². The van der Waals surface area contributed by atoms with Crippen LogP contribution in [0.3, 0.4) is 0 Å². The van der Waals surface area contributed by atoms with Gasteiger partial charge in [0.1, 0.15) is 5.82 Å². The third-order valence-corrected chi connectivity index (χ3v) is 7.42. The molecule has 0 aliphatic rings. The van der Waals surface area contributed by atoms with Gasteiger partial charge in [0, 0.05) is 47.1 Å². The van der Waals surface area contributed by atoms with Gasteiger partial charge in [-0.2, -0.15) is 5.26 Å². The molecule has 0 unspecified atom stereocenters. The maximum absolute atomic E-state index is 9.80. The van der Waals surface area contributed by atoms with Crippen LogP contribution >= 0.6 is 11.8 Å². The monoisotopic (exact) mass is 500 g/mol. The van der Waals surface area contributed by atoms with E-state index in [9.17, 15) is 5.26 Å². The summed E-state index contributed by atoms with van der Waals surface area (Å²) in [5.74, 6) is 0.909. The number of imidazole rings is 1. The average molecular weight is 501 g/mol. The lowest BCUT2D eigenvalue weighted by Crippen LogP contribution is -2.14. The van der Waals surface area contributed by atoms with Crippen LogP contribution < -0.4 is 0 Å². The van der Waals surface area contributed by atoms with Crippen molar-refractivity contribution in [1.82, 2.24) is 14.5 Å². The van der Waals surface area contributed by atoms with Gasteiger partial charge in [0.15, 0.2) is 0 Å². The first kappa shape index (κ1) is 24.5. The molecule has 37 heavy (non-hydrogen) atoms. The van der Waals surface area contributed by atoms with Crippen molar-refractivity contribution in [2.24, 2.45) is 7.05 Å². The van der Waals surface area contributed by atoms with Gasteiger partial charge in [0.2, 0.25) is 0 Å². The van der Waals surface area contributed by atoms with Crippen molar-refractivity contribution in [3.63, 3.8) is 0 Å². The minimum atomic E-state index is -0.607. The molecule has 0 radical (unpaired) electrons. The maximum atomic E-state index is 9.80. The smallest absolute Gasteiger partial charge is 0.140 e. The van der Waals surface area contributed by atoms with Gasteiger partial charge in [-0.1, -0.05) is 36.4 Å². The van der Waals surface area contributed by atoms with Gasteiger partial charge in [-0.05, 0) is 84.8 Å². The van der Waals surface area contributed by atoms with Crippen LogP contribution in [0.15, 0.2) is 96.3 Å². The molecule has 0 aliphatic heterocycles. The summed E-state index contributed by atoms with van der Waals surface area (Å²) < 4.78 is 2.04. The molecule has 0 bridgehead atoms. The first-order valence-corrected chi connectivity index (χ1v) is 13.4. The molecule has 0 fully saturated rings. The summed E-state index contributed by atoms with van der Waals surface area (Å²) in [7, 11) is 2.02. The Kier molecular flexibility index (Phi) is 6.69. The second-order valence-electron chi connectivity index (χ2n) is 9.61. The van der Waals surface area contributed by atoms with Crippen molar-refractivity contribution < 1.29 is 0 Å². The third kappa shape index (κ3) is 4.94. The van der Waals surface area contributed by atoms with Crippen LogP contribution in [-0.2, 0) is 12.5 Å². The Balaban J connectivity index is 1.67. The number of nitriles is 1. The molecule has 4 nitrogen and oxygen atoms in total. The standard InChI is InChI=1S/C32H28N4S/c1-32(2,21-33)26-19-25-9-6-14-34-30(25)28(20-26)24-8-5-7-22(17-24)18-29(31-35-15-16-36(31)3)23-10-12-27(37-4)13-11-23/h5-20H,1-4H3/b29-18+. The first-order chi connectivity index (χ1) is 17.9. The van der Waals surface area contributed by atoms with Crippen molar-refractivity contribution in [3.8, 4) is 17.2 Å². The van der Waals surface area contributed by atoms with Crippen molar-refractivity contribution >= 4 is 34.3 Å². The molecule has 5 rings (SSSR count). The van der Waals surface area contributed by atoms with Crippen LogP contribution in [0.5, 0.6) is 0 Å². The number of benzene rings is 3. The Hall–Kier alpha value is -4.14. The highest BCUT2D eigenvalue weighted by Crippen LogP contribution is 2.35. The van der Waals surface area contributed by atoms with Gasteiger partial charge in [-0.25, -0.2) is 4.98 Å². The minimum Gasteiger partial charge on any atom is -0.334 e. The Bertz CT molecular complexity index is 1650. The Morgan fingerprint density at radius 3 is 2.49 bits per heavy atom. The van der Waals surface area contributed by atoms with E-state index < -0.39 is 5.41 Å². The van der Waals surface area contributed by atoms with E-state index in [1.807, 2.05) is 50.1 Å². The number of rotatable bonds is 6. The van der Waals surface area contributed by atoms with Gasteiger partial charge in [0.05, 0.1) is 17.0 Å². The average Bonchev–Trinajstić information content (AvgIpc) is 3.36.